The number of fused-ring (bicyclic) bond motifs is 1. The van der Waals surface area contributed by atoms with Gasteiger partial charge in [0.15, 0.2) is 5.75 Å². The molecular weight excluding hydrogens is 466 g/mol. The Bertz CT molecular complexity index is 1040. The van der Waals surface area contributed by atoms with E-state index in [-0.39, 0.29) is 5.91 Å². The van der Waals surface area contributed by atoms with Gasteiger partial charge in [0.25, 0.3) is 5.91 Å². The molecule has 0 aliphatic carbocycles. The zero-order valence-electron chi connectivity index (χ0n) is 16.8. The normalized spacial score (nSPS) is 12.7. The highest BCUT2D eigenvalue weighted by molar-refractivity contribution is 9.10. The highest BCUT2D eigenvalue weighted by Gasteiger charge is 2.26. The van der Waals surface area contributed by atoms with Crippen molar-refractivity contribution in [3.63, 3.8) is 0 Å². The Morgan fingerprint density at radius 3 is 2.70 bits per heavy atom. The lowest BCUT2D eigenvalue weighted by Crippen LogP contribution is -2.49. The number of amides is 1. The van der Waals surface area contributed by atoms with Crippen molar-refractivity contribution in [2.75, 3.05) is 6.26 Å². The number of carbonyl (C=O) groups excluding carboxylic acids is 1. The Labute approximate surface area is 188 Å². The third-order valence-corrected chi connectivity index (χ3v) is 5.18. The van der Waals surface area contributed by atoms with E-state index in [1.807, 2.05) is 56.5 Å². The van der Waals surface area contributed by atoms with Crippen molar-refractivity contribution < 1.29 is 14.4 Å². The third kappa shape index (κ3) is 6.21. The van der Waals surface area contributed by atoms with E-state index in [9.17, 15) is 4.79 Å². The number of nitrogens with zero attached hydrogens (tertiary/aromatic N) is 2. The van der Waals surface area contributed by atoms with Crippen LogP contribution in [0.2, 0.25) is 0 Å². The summed E-state index contributed by atoms with van der Waals surface area (Å²) in [5.74, 6) is 0.959. The molecule has 1 atom stereocenters. The number of halogens is 1. The zero-order chi connectivity index (χ0) is 21.6. The van der Waals surface area contributed by atoms with Crippen LogP contribution in [-0.2, 0) is 4.79 Å². The van der Waals surface area contributed by atoms with Crippen molar-refractivity contribution >= 4 is 50.7 Å². The smallest absolute Gasteiger partial charge is 0.272 e. The molecule has 1 amide bonds. The van der Waals surface area contributed by atoms with Crippen LogP contribution in [0.15, 0.2) is 70.4 Å². The summed E-state index contributed by atoms with van der Waals surface area (Å²) in [4.78, 5) is 22.4. The Morgan fingerprint density at radius 1 is 1.20 bits per heavy atom. The summed E-state index contributed by atoms with van der Waals surface area (Å²) in [6, 6.07) is 16.7. The van der Waals surface area contributed by atoms with Crippen LogP contribution in [0.3, 0.4) is 0 Å². The Morgan fingerprint density at radius 2 is 1.97 bits per heavy atom. The molecule has 0 saturated heterocycles. The third-order valence-electron chi connectivity index (χ3n) is 4.01. The lowest BCUT2D eigenvalue weighted by Gasteiger charge is -2.24. The minimum absolute atomic E-state index is 0.258. The lowest BCUT2D eigenvalue weighted by atomic mass is 10.1. The molecule has 0 aliphatic heterocycles. The van der Waals surface area contributed by atoms with Crippen molar-refractivity contribution in [2.24, 2.45) is 5.16 Å². The van der Waals surface area contributed by atoms with Crippen LogP contribution >= 0.6 is 27.7 Å². The molecule has 2 aromatic carbocycles. The van der Waals surface area contributed by atoms with Crippen LogP contribution in [0.4, 0.5) is 0 Å². The van der Waals surface area contributed by atoms with Crippen molar-refractivity contribution in [3.8, 4) is 11.5 Å². The number of para-hydroxylation sites is 1. The van der Waals surface area contributed by atoms with E-state index in [1.54, 1.807) is 30.6 Å². The summed E-state index contributed by atoms with van der Waals surface area (Å²) in [5.41, 5.74) is -0.585. The van der Waals surface area contributed by atoms with Gasteiger partial charge >= 0.3 is 0 Å². The SMILES string of the molecule is CSC(Oc1ccc2ncc(Br)cc2c1)C(=O)NC(C)(C)C=NOc1ccccc1. The minimum atomic E-state index is -0.721. The fourth-order valence-corrected chi connectivity index (χ4v) is 3.43. The van der Waals surface area contributed by atoms with Crippen LogP contribution in [0.1, 0.15) is 13.8 Å². The molecule has 0 radical (unpaired) electrons. The number of benzene rings is 2. The van der Waals surface area contributed by atoms with Crippen LogP contribution in [0, 0.1) is 0 Å². The first-order chi connectivity index (χ1) is 14.4. The van der Waals surface area contributed by atoms with Crippen molar-refractivity contribution in [3.05, 3.63) is 65.3 Å². The molecule has 1 unspecified atom stereocenters. The average Bonchev–Trinajstić information content (AvgIpc) is 2.71. The predicted molar refractivity (Wildman–Crippen MR) is 125 cm³/mol. The first kappa shape index (κ1) is 22.1. The van der Waals surface area contributed by atoms with Gasteiger partial charge in [-0.05, 0) is 72.4 Å². The largest absolute Gasteiger partial charge is 0.470 e. The highest BCUT2D eigenvalue weighted by atomic mass is 79.9. The maximum atomic E-state index is 12.8. The maximum Gasteiger partial charge on any atom is 0.272 e. The van der Waals surface area contributed by atoms with Crippen LogP contribution < -0.4 is 14.9 Å². The van der Waals surface area contributed by atoms with Gasteiger partial charge in [0, 0.05) is 16.1 Å². The summed E-state index contributed by atoms with van der Waals surface area (Å²) in [6.45, 7) is 3.67. The van der Waals surface area contributed by atoms with Crippen molar-refractivity contribution in [1.29, 1.82) is 0 Å². The molecule has 3 aromatic rings. The second-order valence-electron chi connectivity index (χ2n) is 7.04. The van der Waals surface area contributed by atoms with Gasteiger partial charge in [0.2, 0.25) is 5.44 Å². The van der Waals surface area contributed by atoms with Gasteiger partial charge < -0.3 is 14.9 Å². The number of nitrogens with one attached hydrogen (secondary N) is 1. The summed E-state index contributed by atoms with van der Waals surface area (Å²) in [7, 11) is 0. The highest BCUT2D eigenvalue weighted by Crippen LogP contribution is 2.24. The second kappa shape index (κ2) is 9.95. The van der Waals surface area contributed by atoms with E-state index < -0.39 is 11.0 Å². The molecule has 30 heavy (non-hydrogen) atoms. The van der Waals surface area contributed by atoms with E-state index in [1.165, 1.54) is 11.8 Å². The number of hydrogen-bond donors (Lipinski definition) is 1. The van der Waals surface area contributed by atoms with Gasteiger partial charge in [0.05, 0.1) is 17.3 Å². The van der Waals surface area contributed by atoms with Gasteiger partial charge in [0.1, 0.15) is 5.75 Å². The summed E-state index contributed by atoms with van der Waals surface area (Å²) in [6.07, 6.45) is 5.11. The Balaban J connectivity index is 1.63. The molecule has 1 heterocycles. The van der Waals surface area contributed by atoms with E-state index in [0.717, 1.165) is 15.4 Å². The Kier molecular flexibility index (Phi) is 7.33. The topological polar surface area (TPSA) is 72.8 Å². The maximum absolute atomic E-state index is 12.8. The number of carbonyl (C=O) groups is 1. The van der Waals surface area contributed by atoms with Crippen LogP contribution in [0.5, 0.6) is 11.5 Å². The van der Waals surface area contributed by atoms with Crippen LogP contribution in [0.25, 0.3) is 10.9 Å². The first-order valence-corrected chi connectivity index (χ1v) is 11.3. The van der Waals surface area contributed by atoms with Gasteiger partial charge in [-0.25, -0.2) is 0 Å². The van der Waals surface area contributed by atoms with E-state index in [4.69, 9.17) is 9.57 Å². The molecule has 0 aliphatic rings. The molecule has 1 N–H and O–H groups in total. The molecular formula is C22H22BrN3O3S. The molecule has 0 fully saturated rings. The van der Waals surface area contributed by atoms with Gasteiger partial charge in [-0.2, -0.15) is 0 Å². The van der Waals surface area contributed by atoms with Crippen LogP contribution in [-0.4, -0.2) is 34.3 Å². The van der Waals surface area contributed by atoms with E-state index in [2.05, 4.69) is 31.4 Å². The molecule has 8 heteroatoms. The number of hydrogen-bond acceptors (Lipinski definition) is 6. The molecule has 3 rings (SSSR count). The molecule has 156 valence electrons. The van der Waals surface area contributed by atoms with Gasteiger partial charge in [-0.15, -0.1) is 11.8 Å². The number of rotatable bonds is 8. The minimum Gasteiger partial charge on any atom is -0.470 e. The van der Waals surface area contributed by atoms with Crippen molar-refractivity contribution in [2.45, 2.75) is 24.8 Å². The molecule has 0 bridgehead atoms. The molecule has 0 saturated carbocycles. The fourth-order valence-electron chi connectivity index (χ4n) is 2.60. The number of ether oxygens (including phenoxy) is 1. The predicted octanol–water partition coefficient (Wildman–Crippen LogP) is 5.02. The first-order valence-electron chi connectivity index (χ1n) is 9.20. The fraction of sp³-hybridized carbons (Fsp3) is 0.227. The number of aromatic nitrogens is 1. The number of oxime groups is 1. The molecule has 6 nitrogen and oxygen atoms in total. The summed E-state index contributed by atoms with van der Waals surface area (Å²) >= 11 is 4.73. The summed E-state index contributed by atoms with van der Waals surface area (Å²) in [5, 5.41) is 7.83. The van der Waals surface area contributed by atoms with Gasteiger partial charge in [-0.3, -0.25) is 9.78 Å². The van der Waals surface area contributed by atoms with Crippen molar-refractivity contribution in [1.82, 2.24) is 10.3 Å². The Hall–Kier alpha value is -2.58. The lowest BCUT2D eigenvalue weighted by molar-refractivity contribution is -0.125. The molecule has 0 spiro atoms. The molecule has 1 aromatic heterocycles. The van der Waals surface area contributed by atoms with E-state index in [0.29, 0.717) is 11.5 Å². The number of pyridine rings is 1. The van der Waals surface area contributed by atoms with E-state index >= 15 is 0 Å². The standard InChI is InChI=1S/C22H22BrN3O3S/c1-22(2,14-25-29-17-7-5-4-6-8-17)26-20(27)21(30-3)28-18-9-10-19-15(12-18)11-16(23)13-24-19/h4-14,21H,1-3H3,(H,26,27). The van der Waals surface area contributed by atoms with Gasteiger partial charge in [-0.1, -0.05) is 23.4 Å². The monoisotopic (exact) mass is 487 g/mol. The summed E-state index contributed by atoms with van der Waals surface area (Å²) < 4.78 is 6.80. The second-order valence-corrected chi connectivity index (χ2v) is 8.86. The zero-order valence-corrected chi connectivity index (χ0v) is 19.2. The number of thioether (sulfide) groups is 1. The average molecular weight is 488 g/mol. The quantitative estimate of drug-likeness (QED) is 0.274.